The van der Waals surface area contributed by atoms with Crippen molar-refractivity contribution in [2.75, 3.05) is 6.61 Å². The second-order valence-corrected chi connectivity index (χ2v) is 3.50. The van der Waals surface area contributed by atoms with Crippen molar-refractivity contribution in [2.45, 2.75) is 32.1 Å². The van der Waals surface area contributed by atoms with E-state index < -0.39 is 23.9 Å². The van der Waals surface area contributed by atoms with E-state index in [9.17, 15) is 14.4 Å². The van der Waals surface area contributed by atoms with Gasteiger partial charge in [-0.2, -0.15) is 0 Å². The highest BCUT2D eigenvalue weighted by Crippen LogP contribution is 2.15. The summed E-state index contributed by atoms with van der Waals surface area (Å²) in [5.74, 6) is -3.02. The van der Waals surface area contributed by atoms with Gasteiger partial charge in [0.15, 0.2) is 0 Å². The van der Waals surface area contributed by atoms with Crippen LogP contribution in [0.25, 0.3) is 0 Å². The van der Waals surface area contributed by atoms with Crippen LogP contribution >= 0.6 is 0 Å². The monoisotopic (exact) mass is 245 g/mol. The molecule has 1 aliphatic rings. The summed E-state index contributed by atoms with van der Waals surface area (Å²) in [5, 5.41) is 3.99. The second-order valence-electron chi connectivity index (χ2n) is 3.50. The number of amides is 4. The van der Waals surface area contributed by atoms with Crippen molar-refractivity contribution < 1.29 is 23.9 Å². The molecule has 1 saturated heterocycles. The molecular formula is C9H15N3O5. The number of unbranched alkanes of at least 4 members (excludes halogenated alkanes) is 2. The molecule has 1 aliphatic heterocycles. The van der Waals surface area contributed by atoms with Gasteiger partial charge in [-0.15, -0.1) is 0 Å². The average Bonchev–Trinajstić information content (AvgIpc) is 2.48. The molecule has 1 unspecified atom stereocenters. The molecule has 4 amide bonds. The van der Waals surface area contributed by atoms with Crippen molar-refractivity contribution in [1.82, 2.24) is 10.6 Å². The molecule has 0 aromatic heterocycles. The highest BCUT2D eigenvalue weighted by molar-refractivity contribution is 6.05. The molecular weight excluding hydrogens is 230 g/mol. The van der Waals surface area contributed by atoms with Crippen LogP contribution in [0.2, 0.25) is 0 Å². The Kier molecular flexibility index (Phi) is 4.27. The normalized spacial score (nSPS) is 23.1. The molecule has 0 aromatic rings. The lowest BCUT2D eigenvalue weighted by Crippen LogP contribution is -2.54. The maximum Gasteiger partial charge on any atom is 0.408 e. The number of nitrogens with two attached hydrogens (primary N) is 1. The van der Waals surface area contributed by atoms with Gasteiger partial charge in [-0.3, -0.25) is 15.4 Å². The lowest BCUT2D eigenvalue weighted by molar-refractivity contribution is -0.206. The van der Waals surface area contributed by atoms with Crippen molar-refractivity contribution in [1.29, 1.82) is 0 Å². The molecule has 0 aliphatic carbocycles. The summed E-state index contributed by atoms with van der Waals surface area (Å²) in [5.41, 5.74) is 4.82. The average molecular weight is 245 g/mol. The Balaban J connectivity index is 2.63. The summed E-state index contributed by atoms with van der Waals surface area (Å²) in [4.78, 5) is 33.1. The van der Waals surface area contributed by atoms with Crippen LogP contribution < -0.4 is 16.4 Å². The van der Waals surface area contributed by atoms with Crippen LogP contribution in [0.3, 0.4) is 0 Å². The zero-order valence-electron chi connectivity index (χ0n) is 9.45. The number of primary amides is 1. The summed E-state index contributed by atoms with van der Waals surface area (Å²) < 4.78 is 9.65. The number of urea groups is 1. The summed E-state index contributed by atoms with van der Waals surface area (Å²) >= 11 is 0. The van der Waals surface area contributed by atoms with Gasteiger partial charge in [-0.05, 0) is 6.42 Å². The third-order valence-electron chi connectivity index (χ3n) is 2.10. The van der Waals surface area contributed by atoms with Gasteiger partial charge in [0.25, 0.3) is 0 Å². The Morgan fingerprint density at radius 1 is 1.41 bits per heavy atom. The van der Waals surface area contributed by atoms with Gasteiger partial charge in [0, 0.05) is 0 Å². The van der Waals surface area contributed by atoms with Crippen molar-refractivity contribution in [3.8, 4) is 0 Å². The summed E-state index contributed by atoms with van der Waals surface area (Å²) in [6.45, 7) is 2.16. The van der Waals surface area contributed by atoms with Crippen molar-refractivity contribution in [3.05, 3.63) is 0 Å². The number of hydrogen-bond acceptors (Lipinski definition) is 5. The Hall–Kier alpha value is -1.83. The third kappa shape index (κ3) is 3.31. The van der Waals surface area contributed by atoms with Crippen LogP contribution in [0.15, 0.2) is 0 Å². The Morgan fingerprint density at radius 2 is 2.12 bits per heavy atom. The number of carbonyl (C=O) groups excluding carboxylic acids is 3. The van der Waals surface area contributed by atoms with Gasteiger partial charge >= 0.3 is 23.9 Å². The first-order valence-electron chi connectivity index (χ1n) is 5.26. The summed E-state index contributed by atoms with van der Waals surface area (Å²) in [7, 11) is 0. The summed E-state index contributed by atoms with van der Waals surface area (Å²) in [6, 6.07) is -0.799. The maximum absolute atomic E-state index is 11.5. The largest absolute Gasteiger partial charge is 0.408 e. The number of ether oxygens (including phenoxy) is 2. The molecule has 1 fully saturated rings. The minimum atomic E-state index is -2.13. The topological polar surface area (TPSA) is 120 Å². The van der Waals surface area contributed by atoms with Crippen molar-refractivity contribution >= 4 is 18.0 Å². The molecule has 1 heterocycles. The van der Waals surface area contributed by atoms with E-state index in [4.69, 9.17) is 10.5 Å². The lowest BCUT2D eigenvalue weighted by atomic mass is 10.3. The van der Waals surface area contributed by atoms with Gasteiger partial charge < -0.3 is 15.2 Å². The van der Waals surface area contributed by atoms with Gasteiger partial charge in [0.05, 0.1) is 6.61 Å². The number of imide groups is 1. The Morgan fingerprint density at radius 3 is 2.59 bits per heavy atom. The van der Waals surface area contributed by atoms with E-state index in [2.05, 4.69) is 10.1 Å². The Bertz CT molecular complexity index is 333. The number of rotatable bonds is 6. The lowest BCUT2D eigenvalue weighted by Gasteiger charge is -2.24. The van der Waals surface area contributed by atoms with E-state index in [-0.39, 0.29) is 6.61 Å². The quantitative estimate of drug-likeness (QED) is 0.339. The number of hydrogen-bond donors (Lipinski definition) is 3. The molecule has 8 heteroatoms. The molecule has 1 atom stereocenters. The van der Waals surface area contributed by atoms with Gasteiger partial charge in [-0.1, -0.05) is 19.8 Å². The van der Waals surface area contributed by atoms with Crippen LogP contribution in [0.5, 0.6) is 0 Å². The van der Waals surface area contributed by atoms with E-state index in [1.807, 2.05) is 12.2 Å². The van der Waals surface area contributed by atoms with Gasteiger partial charge in [0.1, 0.15) is 0 Å². The predicted molar refractivity (Wildman–Crippen MR) is 55.6 cm³/mol. The molecule has 0 bridgehead atoms. The van der Waals surface area contributed by atoms with Crippen LogP contribution in [0.4, 0.5) is 9.59 Å². The van der Waals surface area contributed by atoms with E-state index >= 15 is 0 Å². The van der Waals surface area contributed by atoms with E-state index in [1.54, 1.807) is 0 Å². The highest BCUT2D eigenvalue weighted by Gasteiger charge is 2.51. The fourth-order valence-corrected chi connectivity index (χ4v) is 1.34. The maximum atomic E-state index is 11.5. The molecule has 0 radical (unpaired) electrons. The minimum absolute atomic E-state index is 0.162. The van der Waals surface area contributed by atoms with Crippen LogP contribution in [-0.4, -0.2) is 30.5 Å². The molecule has 0 spiro atoms. The molecule has 8 nitrogen and oxygen atoms in total. The highest BCUT2D eigenvalue weighted by atomic mass is 16.7. The first-order valence-corrected chi connectivity index (χ1v) is 5.26. The Labute approximate surface area is 97.8 Å². The molecule has 17 heavy (non-hydrogen) atoms. The van der Waals surface area contributed by atoms with E-state index in [0.717, 1.165) is 12.8 Å². The second kappa shape index (κ2) is 5.48. The zero-order valence-corrected chi connectivity index (χ0v) is 9.45. The van der Waals surface area contributed by atoms with E-state index in [0.29, 0.717) is 6.42 Å². The molecule has 0 saturated carbocycles. The van der Waals surface area contributed by atoms with Crippen LogP contribution in [-0.2, 0) is 14.3 Å². The molecule has 0 aromatic carbocycles. The van der Waals surface area contributed by atoms with Crippen LogP contribution in [0, 0.1) is 0 Å². The molecule has 4 N–H and O–H groups in total. The van der Waals surface area contributed by atoms with Gasteiger partial charge in [0.2, 0.25) is 0 Å². The zero-order chi connectivity index (χ0) is 12.9. The molecule has 96 valence electrons. The fourth-order valence-electron chi connectivity index (χ4n) is 1.34. The minimum Gasteiger partial charge on any atom is -0.389 e. The number of nitrogens with one attached hydrogen (secondary N) is 2. The first-order chi connectivity index (χ1) is 8.00. The third-order valence-corrected chi connectivity index (χ3v) is 2.10. The smallest absolute Gasteiger partial charge is 0.389 e. The van der Waals surface area contributed by atoms with Crippen molar-refractivity contribution in [2.24, 2.45) is 5.73 Å². The van der Waals surface area contributed by atoms with E-state index in [1.165, 1.54) is 0 Å². The van der Waals surface area contributed by atoms with Gasteiger partial charge in [-0.25, -0.2) is 9.59 Å². The fraction of sp³-hybridized carbons (Fsp3) is 0.667. The van der Waals surface area contributed by atoms with Crippen LogP contribution in [0.1, 0.15) is 26.2 Å². The first kappa shape index (κ1) is 13.2. The summed E-state index contributed by atoms with van der Waals surface area (Å²) in [6.07, 6.45) is 1.31. The SMILES string of the molecule is CCCCCOC1(OC(N)=O)NC(=O)NC1=O. The van der Waals surface area contributed by atoms with Crippen molar-refractivity contribution in [3.63, 3.8) is 0 Å². The number of carbonyl (C=O) groups is 3. The predicted octanol–water partition coefficient (Wildman–Crippen LogP) is -0.218. The standard InChI is InChI=1S/C9H15N3O5/c1-2-3-4-5-16-9(17-7(10)14)6(13)11-8(15)12-9/h2-5H2,1H3,(H2,10,14)(H2,11,12,13,15). The molecule has 1 rings (SSSR count).